The Kier molecular flexibility index (Phi) is 19.7. The van der Waals surface area contributed by atoms with E-state index in [0.29, 0.717) is 6.42 Å². The van der Waals surface area contributed by atoms with Crippen LogP contribution in [0.4, 0.5) is 0 Å². The molecule has 27 heavy (non-hydrogen) atoms. The fourth-order valence-corrected chi connectivity index (χ4v) is 4.13. The third-order valence-corrected chi connectivity index (χ3v) is 6.54. The van der Waals surface area contributed by atoms with Crippen molar-refractivity contribution < 1.29 is 22.8 Å². The number of rotatable bonds is 20. The third-order valence-electron chi connectivity index (χ3n) is 4.40. The second-order valence-corrected chi connectivity index (χ2v) is 9.33. The first kappa shape index (κ1) is 27.2. The zero-order valence-corrected chi connectivity index (χ0v) is 19.1. The van der Waals surface area contributed by atoms with Crippen molar-refractivity contribution in [1.82, 2.24) is 0 Å². The van der Waals surface area contributed by atoms with E-state index in [0.717, 1.165) is 6.42 Å². The Morgan fingerprint density at radius 2 is 1.56 bits per heavy atom. The lowest BCUT2D eigenvalue weighted by atomic mass is 10.1. The average Bonchev–Trinajstić information content (AvgIpc) is 2.67. The van der Waals surface area contributed by atoms with Gasteiger partial charge in [0.1, 0.15) is 0 Å². The molecule has 3 N–H and O–H groups in total. The van der Waals surface area contributed by atoms with Gasteiger partial charge in [0, 0.05) is 13.2 Å². The smallest absolute Gasteiger partial charge is 0.352 e. The van der Waals surface area contributed by atoms with Crippen molar-refractivity contribution in [2.45, 2.75) is 96.4 Å². The molecule has 0 aliphatic rings. The van der Waals surface area contributed by atoms with Crippen LogP contribution < -0.4 is 5.73 Å². The summed E-state index contributed by atoms with van der Waals surface area (Å²) in [6.07, 6.45) is 20.8. The van der Waals surface area contributed by atoms with Crippen LogP contribution in [0.2, 0.25) is 0 Å². The molecule has 3 unspecified atom stereocenters. The normalized spacial score (nSPS) is 15.7. The van der Waals surface area contributed by atoms with Gasteiger partial charge in [0.15, 0.2) is 9.03 Å². The molecule has 8 heteroatoms. The van der Waals surface area contributed by atoms with Crippen LogP contribution in [0, 0.1) is 0 Å². The van der Waals surface area contributed by atoms with Crippen LogP contribution >= 0.6 is 16.9 Å². The van der Waals surface area contributed by atoms with E-state index in [1.165, 1.54) is 77.7 Å². The highest BCUT2D eigenvalue weighted by Gasteiger charge is 2.25. The second-order valence-electron chi connectivity index (χ2n) is 6.90. The SMILES string of the molecule is CCCCCCCCCCCCC/C=C/CC(N)COP(=O)(OC)OPO. The Hall–Kier alpha value is 0.200. The molecule has 3 atom stereocenters. The van der Waals surface area contributed by atoms with E-state index in [4.69, 9.17) is 15.2 Å². The largest absolute Gasteiger partial charge is 0.479 e. The average molecular weight is 425 g/mol. The molecule has 0 aromatic rings. The molecule has 0 heterocycles. The van der Waals surface area contributed by atoms with E-state index in [1.807, 2.05) is 6.08 Å². The van der Waals surface area contributed by atoms with Gasteiger partial charge in [-0.2, -0.15) is 0 Å². The molecule has 0 amide bonds. The standard InChI is InChI=1S/C19H41NO5P2/c1-3-4-5-6-7-8-9-10-11-12-13-14-15-16-17-19(20)18-24-27(22,23-2)25-26-21/h15-16,19,21,26H,3-14,17-18,20H2,1-2H3/b16-15+. The Labute approximate surface area is 168 Å². The second kappa shape index (κ2) is 19.5. The van der Waals surface area contributed by atoms with Crippen molar-refractivity contribution in [3.63, 3.8) is 0 Å². The van der Waals surface area contributed by atoms with Crippen LogP contribution in [-0.2, 0) is 17.9 Å². The quantitative estimate of drug-likeness (QED) is 0.136. The summed E-state index contributed by atoms with van der Waals surface area (Å²) in [6, 6.07) is -0.285. The van der Waals surface area contributed by atoms with E-state index in [9.17, 15) is 4.57 Å². The third kappa shape index (κ3) is 18.0. The number of hydrogen-bond acceptors (Lipinski definition) is 6. The molecular formula is C19H41NO5P2. The van der Waals surface area contributed by atoms with Crippen molar-refractivity contribution in [2.75, 3.05) is 13.7 Å². The molecular weight excluding hydrogens is 384 g/mol. The molecule has 0 saturated carbocycles. The minimum absolute atomic E-state index is 0.0540. The lowest BCUT2D eigenvalue weighted by molar-refractivity contribution is 0.173. The monoisotopic (exact) mass is 425 g/mol. The van der Waals surface area contributed by atoms with E-state index in [2.05, 4.69) is 21.8 Å². The highest BCUT2D eigenvalue weighted by Crippen LogP contribution is 2.52. The van der Waals surface area contributed by atoms with Crippen molar-refractivity contribution in [3.05, 3.63) is 12.2 Å². The summed E-state index contributed by atoms with van der Waals surface area (Å²) in [5.41, 5.74) is 5.91. The topological polar surface area (TPSA) is 91.0 Å². The van der Waals surface area contributed by atoms with E-state index < -0.39 is 16.9 Å². The van der Waals surface area contributed by atoms with Gasteiger partial charge >= 0.3 is 7.82 Å². The summed E-state index contributed by atoms with van der Waals surface area (Å²) in [5.74, 6) is 0. The van der Waals surface area contributed by atoms with Gasteiger partial charge in [-0.3, -0.25) is 9.05 Å². The van der Waals surface area contributed by atoms with Gasteiger partial charge in [-0.1, -0.05) is 83.3 Å². The van der Waals surface area contributed by atoms with Gasteiger partial charge in [0.25, 0.3) is 0 Å². The first-order valence-electron chi connectivity index (χ1n) is 10.4. The molecule has 0 rings (SSSR count). The minimum atomic E-state index is -3.67. The van der Waals surface area contributed by atoms with Crippen LogP contribution in [-0.4, -0.2) is 24.7 Å². The Morgan fingerprint density at radius 1 is 1.00 bits per heavy atom. The number of hydrogen-bond donors (Lipinski definition) is 2. The molecule has 0 aliphatic carbocycles. The van der Waals surface area contributed by atoms with Crippen molar-refractivity contribution in [2.24, 2.45) is 5.73 Å². The molecule has 0 spiro atoms. The van der Waals surface area contributed by atoms with Crippen LogP contribution in [0.3, 0.4) is 0 Å². The number of allylic oxidation sites excluding steroid dienone is 1. The molecule has 0 aromatic carbocycles. The van der Waals surface area contributed by atoms with Crippen LogP contribution in [0.25, 0.3) is 0 Å². The minimum Gasteiger partial charge on any atom is -0.352 e. The zero-order valence-electron chi connectivity index (χ0n) is 17.2. The first-order valence-corrected chi connectivity index (χ1v) is 12.7. The number of unbranched alkanes of at least 4 members (excludes halogenated alkanes) is 11. The molecule has 0 fully saturated rings. The summed E-state index contributed by atoms with van der Waals surface area (Å²) >= 11 is 0. The number of phosphoric ester groups is 1. The summed E-state index contributed by atoms with van der Waals surface area (Å²) in [5, 5.41) is 0. The van der Waals surface area contributed by atoms with Crippen molar-refractivity contribution in [3.8, 4) is 0 Å². The van der Waals surface area contributed by atoms with Gasteiger partial charge in [-0.25, -0.2) is 8.88 Å². The van der Waals surface area contributed by atoms with Gasteiger partial charge < -0.3 is 10.6 Å². The van der Waals surface area contributed by atoms with Gasteiger partial charge in [-0.05, 0) is 19.3 Å². The maximum Gasteiger partial charge on any atom is 0.479 e. The maximum absolute atomic E-state index is 11.8. The van der Waals surface area contributed by atoms with Gasteiger partial charge in [0.2, 0.25) is 0 Å². The molecule has 0 radical (unpaired) electrons. The Balaban J connectivity index is 3.47. The fraction of sp³-hybridized carbons (Fsp3) is 0.895. The van der Waals surface area contributed by atoms with Crippen LogP contribution in [0.15, 0.2) is 12.2 Å². The number of nitrogens with two attached hydrogens (primary N) is 1. The van der Waals surface area contributed by atoms with Gasteiger partial charge in [-0.15, -0.1) is 0 Å². The Morgan fingerprint density at radius 3 is 2.07 bits per heavy atom. The summed E-state index contributed by atoms with van der Waals surface area (Å²) in [7, 11) is -3.41. The van der Waals surface area contributed by atoms with E-state index in [1.54, 1.807) is 0 Å². The lowest BCUT2D eigenvalue weighted by Crippen LogP contribution is -2.25. The fourth-order valence-electron chi connectivity index (χ4n) is 2.74. The Bertz CT molecular complexity index is 396. The van der Waals surface area contributed by atoms with Crippen LogP contribution in [0.1, 0.15) is 90.4 Å². The summed E-state index contributed by atoms with van der Waals surface area (Å²) < 4.78 is 26.1. The molecule has 0 aliphatic heterocycles. The summed E-state index contributed by atoms with van der Waals surface area (Å²) in [6.45, 7) is 2.31. The van der Waals surface area contributed by atoms with E-state index in [-0.39, 0.29) is 12.6 Å². The van der Waals surface area contributed by atoms with Crippen LogP contribution in [0.5, 0.6) is 0 Å². The molecule has 0 aromatic heterocycles. The predicted octanol–water partition coefficient (Wildman–Crippen LogP) is 6.25. The van der Waals surface area contributed by atoms with Crippen molar-refractivity contribution >= 4 is 16.9 Å². The number of phosphoric acid groups is 1. The molecule has 6 nitrogen and oxygen atoms in total. The highest BCUT2D eigenvalue weighted by atomic mass is 31.2. The first-order chi connectivity index (χ1) is 13.1. The maximum atomic E-state index is 11.8. The molecule has 0 saturated heterocycles. The van der Waals surface area contributed by atoms with E-state index >= 15 is 0 Å². The highest BCUT2D eigenvalue weighted by molar-refractivity contribution is 7.54. The lowest BCUT2D eigenvalue weighted by Gasteiger charge is -2.16. The van der Waals surface area contributed by atoms with Crippen molar-refractivity contribution in [1.29, 1.82) is 0 Å². The predicted molar refractivity (Wildman–Crippen MR) is 115 cm³/mol. The summed E-state index contributed by atoms with van der Waals surface area (Å²) in [4.78, 5) is 8.67. The molecule has 0 bridgehead atoms. The van der Waals surface area contributed by atoms with Gasteiger partial charge in [0.05, 0.1) is 6.61 Å². The molecule has 162 valence electrons. The zero-order chi connectivity index (χ0) is 20.2.